The minimum absolute atomic E-state index is 0.0969. The van der Waals surface area contributed by atoms with Gasteiger partial charge in [-0.25, -0.2) is 5.48 Å². The van der Waals surface area contributed by atoms with Crippen LogP contribution in [-0.2, 0) is 14.4 Å². The van der Waals surface area contributed by atoms with Crippen LogP contribution in [0.4, 0.5) is 4.79 Å². The fourth-order valence-electron chi connectivity index (χ4n) is 0.891. The molecule has 0 unspecified atom stereocenters. The molecule has 1 aliphatic rings. The predicted molar refractivity (Wildman–Crippen MR) is 53.9 cm³/mol. The average molecular weight is 230 g/mol. The smallest absolute Gasteiger partial charge is 0.273 e. The maximum absolute atomic E-state index is 11.1. The predicted octanol–water partition coefficient (Wildman–Crippen LogP) is -0.0844. The van der Waals surface area contributed by atoms with Crippen molar-refractivity contribution in [2.75, 3.05) is 18.9 Å². The van der Waals surface area contributed by atoms with Crippen LogP contribution < -0.4 is 5.48 Å². The van der Waals surface area contributed by atoms with Crippen molar-refractivity contribution in [3.05, 3.63) is 12.7 Å². The lowest BCUT2D eigenvalue weighted by molar-refractivity contribution is -0.137. The Bertz CT molecular complexity index is 289. The normalized spacial score (nSPS) is 15.6. The first kappa shape index (κ1) is 11.7. The molecule has 3 amide bonds. The van der Waals surface area contributed by atoms with Gasteiger partial charge in [0.2, 0.25) is 5.91 Å². The first-order valence-corrected chi connectivity index (χ1v) is 5.12. The number of nitrogens with one attached hydrogen (secondary N) is 1. The van der Waals surface area contributed by atoms with Gasteiger partial charge in [0.05, 0.1) is 12.4 Å². The van der Waals surface area contributed by atoms with Gasteiger partial charge >= 0.3 is 0 Å². The third-order valence-electron chi connectivity index (χ3n) is 1.53. The van der Waals surface area contributed by atoms with E-state index in [1.165, 1.54) is 6.08 Å². The van der Waals surface area contributed by atoms with Gasteiger partial charge in [-0.1, -0.05) is 17.8 Å². The maximum Gasteiger partial charge on any atom is 0.289 e. The molecule has 82 valence electrons. The summed E-state index contributed by atoms with van der Waals surface area (Å²) in [7, 11) is 0. The standard InChI is InChI=1S/C8H10N2O4S/c1-2-3-14-9-6(11)4-10-7(12)5-15-8(10)13/h2H,1,3-5H2,(H,9,11). The zero-order valence-electron chi connectivity index (χ0n) is 7.89. The quantitative estimate of drug-likeness (QED) is 0.406. The van der Waals surface area contributed by atoms with Crippen LogP contribution in [0.15, 0.2) is 12.7 Å². The third-order valence-corrected chi connectivity index (χ3v) is 2.39. The lowest BCUT2D eigenvalue weighted by atomic mass is 10.5. The lowest BCUT2D eigenvalue weighted by Gasteiger charge is -2.11. The summed E-state index contributed by atoms with van der Waals surface area (Å²) in [6.45, 7) is 3.25. The SMILES string of the molecule is C=CCONC(=O)CN1C(=O)CSC1=O. The number of imide groups is 1. The second-order valence-corrected chi connectivity index (χ2v) is 3.59. The van der Waals surface area contributed by atoms with Crippen LogP contribution in [0.2, 0.25) is 0 Å². The summed E-state index contributed by atoms with van der Waals surface area (Å²) in [5, 5.41) is -0.404. The molecule has 0 aromatic carbocycles. The first-order valence-electron chi connectivity index (χ1n) is 4.14. The molecule has 0 saturated carbocycles. The van der Waals surface area contributed by atoms with Gasteiger partial charge in [0.15, 0.2) is 0 Å². The Morgan fingerprint density at radius 3 is 2.93 bits per heavy atom. The second kappa shape index (κ2) is 5.52. The average Bonchev–Trinajstić information content (AvgIpc) is 2.50. The Morgan fingerprint density at radius 1 is 1.67 bits per heavy atom. The molecular weight excluding hydrogens is 220 g/mol. The van der Waals surface area contributed by atoms with Gasteiger partial charge in [-0.05, 0) is 0 Å². The summed E-state index contributed by atoms with van der Waals surface area (Å²) in [4.78, 5) is 38.9. The summed E-state index contributed by atoms with van der Waals surface area (Å²) in [5.41, 5.74) is 2.09. The number of amides is 3. The van der Waals surface area contributed by atoms with Gasteiger partial charge in [-0.2, -0.15) is 0 Å². The van der Waals surface area contributed by atoms with Crippen LogP contribution in [0.25, 0.3) is 0 Å². The van der Waals surface area contributed by atoms with Crippen LogP contribution in [-0.4, -0.2) is 40.9 Å². The molecule has 0 radical (unpaired) electrons. The molecule has 0 aromatic rings. The summed E-state index contributed by atoms with van der Waals surface area (Å²) < 4.78 is 0. The number of hydrogen-bond acceptors (Lipinski definition) is 5. The summed E-state index contributed by atoms with van der Waals surface area (Å²) in [6.07, 6.45) is 1.46. The molecule has 15 heavy (non-hydrogen) atoms. The number of hydrogen-bond donors (Lipinski definition) is 1. The highest BCUT2D eigenvalue weighted by molar-refractivity contribution is 8.14. The van der Waals surface area contributed by atoms with E-state index in [1.807, 2.05) is 0 Å². The van der Waals surface area contributed by atoms with Crippen molar-refractivity contribution in [1.29, 1.82) is 0 Å². The molecule has 1 saturated heterocycles. The van der Waals surface area contributed by atoms with Gasteiger partial charge in [0.25, 0.3) is 11.1 Å². The van der Waals surface area contributed by atoms with Crippen molar-refractivity contribution in [3.8, 4) is 0 Å². The van der Waals surface area contributed by atoms with E-state index in [1.54, 1.807) is 0 Å². The van der Waals surface area contributed by atoms with Crippen molar-refractivity contribution >= 4 is 28.8 Å². The monoisotopic (exact) mass is 230 g/mol. The number of rotatable bonds is 5. The summed E-state index contributed by atoms with van der Waals surface area (Å²) in [5.74, 6) is -0.801. The highest BCUT2D eigenvalue weighted by atomic mass is 32.2. The first-order chi connectivity index (χ1) is 7.15. The molecule has 0 spiro atoms. The van der Waals surface area contributed by atoms with E-state index in [4.69, 9.17) is 0 Å². The molecule has 1 aliphatic heterocycles. The molecule has 6 nitrogen and oxygen atoms in total. The fourth-order valence-corrected chi connectivity index (χ4v) is 1.62. The Labute approximate surface area is 90.6 Å². The van der Waals surface area contributed by atoms with E-state index in [0.717, 1.165) is 16.7 Å². The number of hydroxylamine groups is 1. The van der Waals surface area contributed by atoms with Gasteiger partial charge in [-0.3, -0.25) is 24.1 Å². The van der Waals surface area contributed by atoms with Crippen molar-refractivity contribution < 1.29 is 19.2 Å². The zero-order valence-corrected chi connectivity index (χ0v) is 8.71. The number of thioether (sulfide) groups is 1. The van der Waals surface area contributed by atoms with E-state index in [9.17, 15) is 14.4 Å². The molecule has 0 aliphatic carbocycles. The van der Waals surface area contributed by atoms with Crippen molar-refractivity contribution in [3.63, 3.8) is 0 Å². The van der Waals surface area contributed by atoms with Crippen LogP contribution in [0, 0.1) is 0 Å². The highest BCUT2D eigenvalue weighted by Gasteiger charge is 2.31. The van der Waals surface area contributed by atoms with Crippen LogP contribution in [0.5, 0.6) is 0 Å². The number of nitrogens with zero attached hydrogens (tertiary/aromatic N) is 1. The largest absolute Gasteiger partial charge is 0.289 e. The Kier molecular flexibility index (Phi) is 4.32. The summed E-state index contributed by atoms with van der Waals surface area (Å²) in [6, 6.07) is 0. The molecular formula is C8H10N2O4S. The van der Waals surface area contributed by atoms with Gasteiger partial charge in [-0.15, -0.1) is 6.58 Å². The van der Waals surface area contributed by atoms with Crippen LogP contribution in [0.1, 0.15) is 0 Å². The highest BCUT2D eigenvalue weighted by Crippen LogP contribution is 2.17. The Morgan fingerprint density at radius 2 is 2.40 bits per heavy atom. The number of carbonyl (C=O) groups is 3. The number of carbonyl (C=O) groups excluding carboxylic acids is 3. The second-order valence-electron chi connectivity index (χ2n) is 2.66. The molecule has 1 heterocycles. The van der Waals surface area contributed by atoms with Crippen molar-refractivity contribution in [1.82, 2.24) is 10.4 Å². The topological polar surface area (TPSA) is 75.7 Å². The summed E-state index contributed by atoms with van der Waals surface area (Å²) >= 11 is 0.884. The Hall–Kier alpha value is -1.34. The van der Waals surface area contributed by atoms with Gasteiger partial charge in [0.1, 0.15) is 6.54 Å². The van der Waals surface area contributed by atoms with Crippen molar-refractivity contribution in [2.45, 2.75) is 0 Å². The van der Waals surface area contributed by atoms with Gasteiger partial charge in [0, 0.05) is 0 Å². The maximum atomic E-state index is 11.1. The fraction of sp³-hybridized carbons (Fsp3) is 0.375. The molecule has 1 fully saturated rings. The van der Waals surface area contributed by atoms with Crippen molar-refractivity contribution in [2.24, 2.45) is 0 Å². The van der Waals surface area contributed by atoms with E-state index >= 15 is 0 Å². The van der Waals surface area contributed by atoms with E-state index in [-0.39, 0.29) is 24.8 Å². The minimum Gasteiger partial charge on any atom is -0.273 e. The minimum atomic E-state index is -0.541. The van der Waals surface area contributed by atoms with Crippen LogP contribution >= 0.6 is 11.8 Å². The molecule has 0 bridgehead atoms. The third kappa shape index (κ3) is 3.37. The van der Waals surface area contributed by atoms with E-state index in [2.05, 4.69) is 16.9 Å². The molecule has 1 N–H and O–H groups in total. The van der Waals surface area contributed by atoms with Gasteiger partial charge < -0.3 is 0 Å². The zero-order chi connectivity index (χ0) is 11.3. The van der Waals surface area contributed by atoms with Crippen LogP contribution in [0.3, 0.4) is 0 Å². The molecule has 7 heteroatoms. The molecule has 0 aromatic heterocycles. The van der Waals surface area contributed by atoms with E-state index in [0.29, 0.717) is 0 Å². The molecule has 1 rings (SSSR count). The Balaban J connectivity index is 2.33. The lowest BCUT2D eigenvalue weighted by Crippen LogP contribution is -2.39. The van der Waals surface area contributed by atoms with E-state index < -0.39 is 11.1 Å². The molecule has 0 atom stereocenters.